The van der Waals surface area contributed by atoms with E-state index in [1.165, 1.54) is 0 Å². The second kappa shape index (κ2) is 7.20. The van der Waals surface area contributed by atoms with Crippen LogP contribution in [0.1, 0.15) is 39.5 Å². The van der Waals surface area contributed by atoms with Gasteiger partial charge >= 0.3 is 0 Å². The number of pyridine rings is 1. The first kappa shape index (κ1) is 16.7. The number of aromatic nitrogens is 1. The highest BCUT2D eigenvalue weighted by atomic mass is 16.5. The average Bonchev–Trinajstić information content (AvgIpc) is 2.55. The van der Waals surface area contributed by atoms with Gasteiger partial charge < -0.3 is 9.72 Å². The Labute approximate surface area is 143 Å². The molecular formula is C20H27N2O2+. The van der Waals surface area contributed by atoms with Crippen LogP contribution >= 0.6 is 0 Å². The van der Waals surface area contributed by atoms with Crippen molar-refractivity contribution in [2.45, 2.75) is 45.6 Å². The summed E-state index contributed by atoms with van der Waals surface area (Å²) in [6, 6.07) is 7.63. The molecule has 2 aromatic rings. The number of H-pyrrole nitrogens is 1. The lowest BCUT2D eigenvalue weighted by Gasteiger charge is -2.23. The molecule has 4 nitrogen and oxygen atoms in total. The Bertz CT molecular complexity index is 795. The van der Waals surface area contributed by atoms with E-state index in [1.807, 2.05) is 24.3 Å². The van der Waals surface area contributed by atoms with Crippen molar-refractivity contribution in [2.75, 3.05) is 13.6 Å². The van der Waals surface area contributed by atoms with Gasteiger partial charge in [-0.25, -0.2) is 4.58 Å². The molecule has 0 radical (unpaired) electrons. The summed E-state index contributed by atoms with van der Waals surface area (Å²) in [4.78, 5) is 14.5. The van der Waals surface area contributed by atoms with E-state index >= 15 is 0 Å². The molecule has 3 rings (SSSR count). The van der Waals surface area contributed by atoms with Gasteiger partial charge in [-0.3, -0.25) is 4.79 Å². The standard InChI is InChI=1S/C20H26N2O2/c1-14(2)13-22(3)16-4-6-17(7-5-16)24-18-8-9-19-15(12-18)10-11-21-20(19)23/h8-12,14,17H,4-7,13H2,1-3H3/p+1. The number of hydrogen-bond donors (Lipinski definition) is 1. The van der Waals surface area contributed by atoms with Gasteiger partial charge in [-0.15, -0.1) is 0 Å². The predicted octanol–water partition coefficient (Wildman–Crippen LogP) is 3.59. The van der Waals surface area contributed by atoms with Crippen molar-refractivity contribution in [3.05, 3.63) is 40.8 Å². The number of nitrogens with zero attached hydrogens (tertiary/aromatic N) is 1. The summed E-state index contributed by atoms with van der Waals surface area (Å²) in [5.74, 6) is 1.55. The van der Waals surface area contributed by atoms with E-state index < -0.39 is 0 Å². The lowest BCUT2D eigenvalue weighted by molar-refractivity contribution is -0.506. The van der Waals surface area contributed by atoms with Crippen LogP contribution in [-0.2, 0) is 0 Å². The molecule has 1 fully saturated rings. The van der Waals surface area contributed by atoms with Gasteiger partial charge in [-0.2, -0.15) is 0 Å². The molecule has 0 spiro atoms. The lowest BCUT2D eigenvalue weighted by Crippen LogP contribution is -2.30. The van der Waals surface area contributed by atoms with E-state index in [2.05, 4.69) is 30.5 Å². The lowest BCUT2D eigenvalue weighted by atomic mass is 9.95. The van der Waals surface area contributed by atoms with Gasteiger partial charge in [-0.1, -0.05) is 13.8 Å². The van der Waals surface area contributed by atoms with E-state index in [0.717, 1.165) is 43.4 Å². The quantitative estimate of drug-likeness (QED) is 0.872. The summed E-state index contributed by atoms with van der Waals surface area (Å²) in [5, 5.41) is 1.63. The summed E-state index contributed by atoms with van der Waals surface area (Å²) in [7, 11) is 2.21. The Balaban J connectivity index is 1.65. The predicted molar refractivity (Wildman–Crippen MR) is 98.3 cm³/mol. The number of fused-ring (bicyclic) bond motifs is 1. The molecule has 0 amide bonds. The van der Waals surface area contributed by atoms with Crippen molar-refractivity contribution in [2.24, 2.45) is 5.92 Å². The van der Waals surface area contributed by atoms with Crippen molar-refractivity contribution in [1.29, 1.82) is 0 Å². The zero-order valence-corrected chi connectivity index (χ0v) is 14.8. The number of rotatable bonds is 4. The first-order chi connectivity index (χ1) is 11.5. The molecule has 0 unspecified atom stereocenters. The van der Waals surface area contributed by atoms with Crippen LogP contribution in [-0.4, -0.2) is 35.0 Å². The fourth-order valence-corrected chi connectivity index (χ4v) is 3.54. The smallest absolute Gasteiger partial charge is 0.255 e. The molecule has 0 aliphatic heterocycles. The third-order valence-electron chi connectivity index (χ3n) is 4.74. The minimum Gasteiger partial charge on any atom is -0.490 e. The molecule has 4 heteroatoms. The highest BCUT2D eigenvalue weighted by Crippen LogP contribution is 2.24. The second-order valence-corrected chi connectivity index (χ2v) is 7.21. The Morgan fingerprint density at radius 1 is 1.25 bits per heavy atom. The van der Waals surface area contributed by atoms with E-state index in [1.54, 1.807) is 11.9 Å². The minimum absolute atomic E-state index is 0.0517. The molecule has 1 aliphatic rings. The first-order valence-corrected chi connectivity index (χ1v) is 8.87. The number of hydrogen-bond acceptors (Lipinski definition) is 2. The van der Waals surface area contributed by atoms with Crippen molar-refractivity contribution in [3.63, 3.8) is 0 Å². The van der Waals surface area contributed by atoms with Gasteiger partial charge in [-0.05, 0) is 42.5 Å². The molecule has 128 valence electrons. The third kappa shape index (κ3) is 3.86. The van der Waals surface area contributed by atoms with Gasteiger partial charge in [0.15, 0.2) is 5.71 Å². The highest BCUT2D eigenvalue weighted by Gasteiger charge is 2.24. The number of benzene rings is 1. The molecule has 1 aromatic carbocycles. The van der Waals surface area contributed by atoms with Crippen LogP contribution in [0.15, 0.2) is 35.3 Å². The maximum Gasteiger partial charge on any atom is 0.255 e. The van der Waals surface area contributed by atoms with E-state index in [-0.39, 0.29) is 11.7 Å². The van der Waals surface area contributed by atoms with E-state index in [4.69, 9.17) is 4.74 Å². The summed E-state index contributed by atoms with van der Waals surface area (Å²) in [6.45, 7) is 5.65. The van der Waals surface area contributed by atoms with Crippen LogP contribution < -0.4 is 10.3 Å². The van der Waals surface area contributed by atoms with Gasteiger partial charge in [0, 0.05) is 30.3 Å². The molecule has 24 heavy (non-hydrogen) atoms. The van der Waals surface area contributed by atoms with Crippen molar-refractivity contribution >= 4 is 16.5 Å². The Hall–Kier alpha value is -2.10. The fraction of sp³-hybridized carbons (Fsp3) is 0.500. The van der Waals surface area contributed by atoms with E-state index in [9.17, 15) is 4.79 Å². The van der Waals surface area contributed by atoms with Gasteiger partial charge in [0.25, 0.3) is 5.56 Å². The molecule has 1 saturated carbocycles. The fourth-order valence-electron chi connectivity index (χ4n) is 3.54. The molecule has 0 saturated heterocycles. The maximum atomic E-state index is 11.8. The van der Waals surface area contributed by atoms with Crippen LogP contribution in [0.3, 0.4) is 0 Å². The molecule has 1 heterocycles. The van der Waals surface area contributed by atoms with Gasteiger partial charge in [0.1, 0.15) is 19.3 Å². The van der Waals surface area contributed by atoms with Crippen LogP contribution in [0.25, 0.3) is 10.8 Å². The average molecular weight is 327 g/mol. The zero-order chi connectivity index (χ0) is 17.1. The number of aromatic amines is 1. The molecule has 0 bridgehead atoms. The molecular weight excluding hydrogens is 300 g/mol. The summed E-state index contributed by atoms with van der Waals surface area (Å²) >= 11 is 0. The number of ether oxygens (including phenoxy) is 1. The van der Waals surface area contributed by atoms with Crippen molar-refractivity contribution < 1.29 is 9.31 Å². The van der Waals surface area contributed by atoms with Crippen LogP contribution in [0, 0.1) is 5.92 Å². The van der Waals surface area contributed by atoms with Crippen LogP contribution in [0.4, 0.5) is 0 Å². The Kier molecular flexibility index (Phi) is 5.03. The van der Waals surface area contributed by atoms with Crippen LogP contribution in [0.5, 0.6) is 5.75 Å². The second-order valence-electron chi connectivity index (χ2n) is 7.21. The SMILES string of the molecule is CC(C)C[N+](C)=C1CCC(Oc2ccc3c(=O)[nH]ccc3c2)CC1. The molecule has 1 N–H and O–H groups in total. The topological polar surface area (TPSA) is 45.1 Å². The summed E-state index contributed by atoms with van der Waals surface area (Å²) in [6.07, 6.45) is 6.29. The normalized spacial score (nSPS) is 18.2. The van der Waals surface area contributed by atoms with E-state index in [0.29, 0.717) is 11.3 Å². The van der Waals surface area contributed by atoms with Crippen molar-refractivity contribution in [3.8, 4) is 5.75 Å². The zero-order valence-electron chi connectivity index (χ0n) is 14.8. The van der Waals surface area contributed by atoms with Crippen molar-refractivity contribution in [1.82, 2.24) is 4.98 Å². The number of nitrogens with one attached hydrogen (secondary N) is 1. The monoisotopic (exact) mass is 327 g/mol. The maximum absolute atomic E-state index is 11.8. The minimum atomic E-state index is -0.0517. The highest BCUT2D eigenvalue weighted by molar-refractivity contribution is 5.82. The summed E-state index contributed by atoms with van der Waals surface area (Å²) < 4.78 is 8.59. The Morgan fingerprint density at radius 3 is 2.71 bits per heavy atom. The van der Waals surface area contributed by atoms with Gasteiger partial charge in [0.05, 0.1) is 6.10 Å². The molecule has 1 aliphatic carbocycles. The Morgan fingerprint density at radius 2 is 2.00 bits per heavy atom. The summed E-state index contributed by atoms with van der Waals surface area (Å²) in [5.41, 5.74) is 1.50. The molecule has 0 atom stereocenters. The third-order valence-corrected chi connectivity index (χ3v) is 4.74. The largest absolute Gasteiger partial charge is 0.490 e. The first-order valence-electron chi connectivity index (χ1n) is 8.87. The molecule has 1 aromatic heterocycles. The van der Waals surface area contributed by atoms with Crippen LogP contribution in [0.2, 0.25) is 0 Å². The van der Waals surface area contributed by atoms with Gasteiger partial charge in [0.2, 0.25) is 0 Å².